The van der Waals surface area contributed by atoms with E-state index in [9.17, 15) is 5.11 Å². The predicted octanol–water partition coefficient (Wildman–Crippen LogP) is 0.428. The molecule has 14 heavy (non-hydrogen) atoms. The summed E-state index contributed by atoms with van der Waals surface area (Å²) in [4.78, 5) is 2.53. The zero-order valence-electron chi connectivity index (χ0n) is 8.86. The fourth-order valence-corrected chi connectivity index (χ4v) is 3.00. The summed E-state index contributed by atoms with van der Waals surface area (Å²) in [5.41, 5.74) is 5.51. The van der Waals surface area contributed by atoms with E-state index in [1.165, 1.54) is 19.5 Å². The Morgan fingerprint density at radius 1 is 1.21 bits per heavy atom. The lowest BCUT2D eigenvalue weighted by Gasteiger charge is -2.27. The van der Waals surface area contributed by atoms with Crippen LogP contribution in [-0.4, -0.2) is 42.3 Å². The Balaban J connectivity index is 1.80. The van der Waals surface area contributed by atoms with Crippen LogP contribution < -0.4 is 5.73 Å². The highest BCUT2D eigenvalue weighted by Gasteiger charge is 2.36. The number of rotatable bonds is 3. The van der Waals surface area contributed by atoms with E-state index in [1.807, 2.05) is 0 Å². The number of hydrogen-bond acceptors (Lipinski definition) is 3. The molecular formula is C11H22N2O. The van der Waals surface area contributed by atoms with E-state index in [0.717, 1.165) is 44.2 Å². The molecule has 1 aliphatic heterocycles. The Morgan fingerprint density at radius 3 is 2.79 bits per heavy atom. The molecule has 1 saturated carbocycles. The molecule has 0 amide bonds. The Labute approximate surface area is 86.3 Å². The molecule has 1 aliphatic carbocycles. The summed E-state index contributed by atoms with van der Waals surface area (Å²) in [7, 11) is 0. The second kappa shape index (κ2) is 4.60. The number of nitrogens with two attached hydrogens (primary N) is 1. The molecule has 0 aromatic carbocycles. The maximum atomic E-state index is 9.58. The summed E-state index contributed by atoms with van der Waals surface area (Å²) >= 11 is 0. The minimum Gasteiger partial charge on any atom is -0.393 e. The fourth-order valence-electron chi connectivity index (χ4n) is 3.00. The first-order chi connectivity index (χ1) is 6.79. The van der Waals surface area contributed by atoms with Crippen LogP contribution in [0.1, 0.15) is 25.7 Å². The third kappa shape index (κ3) is 2.27. The molecule has 2 rings (SSSR count). The van der Waals surface area contributed by atoms with Gasteiger partial charge in [0.15, 0.2) is 0 Å². The van der Waals surface area contributed by atoms with Crippen LogP contribution in [0.25, 0.3) is 0 Å². The number of fused-ring (bicyclic) bond motifs is 1. The molecule has 0 radical (unpaired) electrons. The van der Waals surface area contributed by atoms with E-state index >= 15 is 0 Å². The molecule has 1 saturated heterocycles. The molecule has 2 aliphatic rings. The summed E-state index contributed by atoms with van der Waals surface area (Å²) in [6.07, 6.45) is 4.37. The molecule has 82 valence electrons. The van der Waals surface area contributed by atoms with E-state index in [2.05, 4.69) is 4.90 Å². The topological polar surface area (TPSA) is 49.5 Å². The quantitative estimate of drug-likeness (QED) is 0.691. The first-order valence-electron chi connectivity index (χ1n) is 5.90. The van der Waals surface area contributed by atoms with Crippen LogP contribution in [0.4, 0.5) is 0 Å². The molecule has 0 spiro atoms. The van der Waals surface area contributed by atoms with Crippen molar-refractivity contribution in [3.05, 3.63) is 0 Å². The maximum absolute atomic E-state index is 9.58. The molecular weight excluding hydrogens is 176 g/mol. The first-order valence-corrected chi connectivity index (χ1v) is 5.90. The lowest BCUT2D eigenvalue weighted by atomic mass is 9.80. The van der Waals surface area contributed by atoms with Crippen molar-refractivity contribution in [2.24, 2.45) is 17.6 Å². The normalized spacial score (nSPS) is 38.6. The van der Waals surface area contributed by atoms with Gasteiger partial charge in [0, 0.05) is 13.1 Å². The smallest absolute Gasteiger partial charge is 0.0543 e. The van der Waals surface area contributed by atoms with Crippen LogP contribution in [0.15, 0.2) is 0 Å². The van der Waals surface area contributed by atoms with Gasteiger partial charge in [-0.2, -0.15) is 0 Å². The van der Waals surface area contributed by atoms with Gasteiger partial charge in [-0.05, 0) is 50.6 Å². The highest BCUT2D eigenvalue weighted by Crippen LogP contribution is 2.36. The standard InChI is InChI=1S/C11H22N2O/c12-4-1-5-13-7-9-2-3-11(14)6-10(9)8-13/h9-11,14H,1-8,12H2. The van der Waals surface area contributed by atoms with Crippen molar-refractivity contribution in [1.82, 2.24) is 4.90 Å². The van der Waals surface area contributed by atoms with E-state index in [-0.39, 0.29) is 6.10 Å². The largest absolute Gasteiger partial charge is 0.393 e. The highest BCUT2D eigenvalue weighted by molar-refractivity contribution is 4.89. The number of aliphatic hydroxyl groups is 1. The van der Waals surface area contributed by atoms with Crippen molar-refractivity contribution in [1.29, 1.82) is 0 Å². The van der Waals surface area contributed by atoms with Crippen molar-refractivity contribution in [3.63, 3.8) is 0 Å². The van der Waals surface area contributed by atoms with Gasteiger partial charge < -0.3 is 15.7 Å². The Morgan fingerprint density at radius 2 is 2.00 bits per heavy atom. The van der Waals surface area contributed by atoms with E-state index in [4.69, 9.17) is 5.73 Å². The number of nitrogens with zero attached hydrogens (tertiary/aromatic N) is 1. The SMILES string of the molecule is NCCCN1CC2CCC(O)CC2C1. The molecule has 3 atom stereocenters. The predicted molar refractivity (Wildman–Crippen MR) is 56.9 cm³/mol. The van der Waals surface area contributed by atoms with Crippen molar-refractivity contribution < 1.29 is 5.11 Å². The van der Waals surface area contributed by atoms with Crippen LogP contribution in [0.2, 0.25) is 0 Å². The van der Waals surface area contributed by atoms with Crippen molar-refractivity contribution >= 4 is 0 Å². The van der Waals surface area contributed by atoms with Crippen molar-refractivity contribution in [2.75, 3.05) is 26.2 Å². The van der Waals surface area contributed by atoms with Gasteiger partial charge >= 0.3 is 0 Å². The fraction of sp³-hybridized carbons (Fsp3) is 1.00. The van der Waals surface area contributed by atoms with Gasteiger partial charge in [-0.3, -0.25) is 0 Å². The summed E-state index contributed by atoms with van der Waals surface area (Å²) < 4.78 is 0. The van der Waals surface area contributed by atoms with Gasteiger partial charge in [0.25, 0.3) is 0 Å². The average Bonchev–Trinajstić information content (AvgIpc) is 2.56. The van der Waals surface area contributed by atoms with Crippen LogP contribution in [0.3, 0.4) is 0 Å². The molecule has 2 fully saturated rings. The molecule has 0 aromatic heterocycles. The third-order valence-electron chi connectivity index (χ3n) is 3.78. The van der Waals surface area contributed by atoms with E-state index < -0.39 is 0 Å². The Bertz CT molecular complexity index is 186. The lowest BCUT2D eigenvalue weighted by Crippen LogP contribution is -2.26. The minimum atomic E-state index is -0.0225. The molecule has 0 bridgehead atoms. The molecule has 3 unspecified atom stereocenters. The second-order valence-electron chi connectivity index (χ2n) is 4.89. The van der Waals surface area contributed by atoms with E-state index in [1.54, 1.807) is 0 Å². The number of aliphatic hydroxyl groups excluding tert-OH is 1. The van der Waals surface area contributed by atoms with E-state index in [0.29, 0.717) is 0 Å². The zero-order valence-corrected chi connectivity index (χ0v) is 8.86. The molecule has 1 heterocycles. The minimum absolute atomic E-state index is 0.0225. The third-order valence-corrected chi connectivity index (χ3v) is 3.78. The monoisotopic (exact) mass is 198 g/mol. The number of likely N-dealkylation sites (tertiary alicyclic amines) is 1. The second-order valence-corrected chi connectivity index (χ2v) is 4.89. The van der Waals surface area contributed by atoms with Gasteiger partial charge in [0.05, 0.1) is 6.10 Å². The van der Waals surface area contributed by atoms with Crippen LogP contribution in [-0.2, 0) is 0 Å². The Kier molecular flexibility index (Phi) is 3.42. The lowest BCUT2D eigenvalue weighted by molar-refractivity contribution is 0.0865. The van der Waals surface area contributed by atoms with Gasteiger partial charge in [-0.25, -0.2) is 0 Å². The summed E-state index contributed by atoms with van der Waals surface area (Å²) in [6.45, 7) is 4.40. The number of hydrogen-bond donors (Lipinski definition) is 2. The van der Waals surface area contributed by atoms with Crippen molar-refractivity contribution in [3.8, 4) is 0 Å². The molecule has 0 aromatic rings. The summed E-state index contributed by atoms with van der Waals surface area (Å²) in [5, 5.41) is 9.58. The van der Waals surface area contributed by atoms with Gasteiger partial charge in [-0.1, -0.05) is 0 Å². The zero-order chi connectivity index (χ0) is 9.97. The van der Waals surface area contributed by atoms with Crippen LogP contribution in [0, 0.1) is 11.8 Å². The Hall–Kier alpha value is -0.120. The van der Waals surface area contributed by atoms with Crippen LogP contribution in [0.5, 0.6) is 0 Å². The highest BCUT2D eigenvalue weighted by atomic mass is 16.3. The molecule has 3 N–H and O–H groups in total. The summed E-state index contributed by atoms with van der Waals surface area (Å²) in [5.74, 6) is 1.62. The van der Waals surface area contributed by atoms with Gasteiger partial charge in [-0.15, -0.1) is 0 Å². The molecule has 3 heteroatoms. The van der Waals surface area contributed by atoms with Crippen molar-refractivity contribution in [2.45, 2.75) is 31.8 Å². The summed E-state index contributed by atoms with van der Waals surface area (Å²) in [6, 6.07) is 0. The molecule has 3 nitrogen and oxygen atoms in total. The average molecular weight is 198 g/mol. The van der Waals surface area contributed by atoms with Crippen LogP contribution >= 0.6 is 0 Å². The maximum Gasteiger partial charge on any atom is 0.0543 e. The first kappa shape index (κ1) is 10.4. The van der Waals surface area contributed by atoms with Gasteiger partial charge in [0.1, 0.15) is 0 Å². The van der Waals surface area contributed by atoms with Gasteiger partial charge in [0.2, 0.25) is 0 Å².